The number of carbonyl (C=O) groups is 2. The van der Waals surface area contributed by atoms with Gasteiger partial charge in [-0.3, -0.25) is 4.79 Å². The Kier molecular flexibility index (Phi) is 5.54. The van der Waals surface area contributed by atoms with Crippen LogP contribution in [0.5, 0.6) is 0 Å². The minimum atomic E-state index is -4.53. The molecule has 1 amide bonds. The third-order valence-electron chi connectivity index (χ3n) is 2.46. The average molecular weight is 328 g/mol. The number of hydrogen-bond acceptors (Lipinski definition) is 2. The maximum absolute atomic E-state index is 13.3. The Hall–Kier alpha value is -1.83. The molecule has 0 aliphatic rings. The molecule has 1 rings (SSSR count). The number of carboxylic acid groups (broad SMARTS) is 1. The van der Waals surface area contributed by atoms with Crippen LogP contribution >= 0.6 is 11.6 Å². The van der Waals surface area contributed by atoms with Gasteiger partial charge in [0.05, 0.1) is 11.4 Å². The van der Waals surface area contributed by atoms with Gasteiger partial charge in [-0.1, -0.05) is 17.7 Å². The maximum atomic E-state index is 13.3. The van der Waals surface area contributed by atoms with Gasteiger partial charge in [-0.15, -0.1) is 0 Å². The first kappa shape index (κ1) is 17.2. The molecule has 0 fully saturated rings. The molecular formula is C12H10ClF4NO3. The van der Waals surface area contributed by atoms with E-state index in [1.165, 1.54) is 0 Å². The standard InChI is InChI=1S/C12H10ClF4NO3/c13-7-2-1-6(5-8(7)14)10(11(20)21)18-9(19)3-4-12(15,16)17/h1-2,5,10H,3-4H2,(H,18,19)(H,20,21). The molecule has 0 spiro atoms. The molecule has 0 heterocycles. The van der Waals surface area contributed by atoms with Crippen molar-refractivity contribution in [2.45, 2.75) is 25.1 Å². The summed E-state index contributed by atoms with van der Waals surface area (Å²) in [5.74, 6) is -3.53. The van der Waals surface area contributed by atoms with Crippen LogP contribution in [0.25, 0.3) is 0 Å². The van der Waals surface area contributed by atoms with E-state index >= 15 is 0 Å². The van der Waals surface area contributed by atoms with E-state index < -0.39 is 42.8 Å². The van der Waals surface area contributed by atoms with Gasteiger partial charge in [-0.2, -0.15) is 13.2 Å². The summed E-state index contributed by atoms with van der Waals surface area (Å²) < 4.78 is 49.2. The Morgan fingerprint density at radius 1 is 1.33 bits per heavy atom. The minimum absolute atomic E-state index is 0.134. The van der Waals surface area contributed by atoms with Crippen molar-refractivity contribution < 1.29 is 32.3 Å². The predicted molar refractivity (Wildman–Crippen MR) is 65.2 cm³/mol. The zero-order chi connectivity index (χ0) is 16.2. The van der Waals surface area contributed by atoms with Crippen molar-refractivity contribution in [2.75, 3.05) is 0 Å². The first-order valence-corrected chi connectivity index (χ1v) is 6.02. The summed E-state index contributed by atoms with van der Waals surface area (Å²) >= 11 is 5.44. The van der Waals surface area contributed by atoms with Crippen LogP contribution in [-0.2, 0) is 9.59 Å². The van der Waals surface area contributed by atoms with Gasteiger partial charge in [0.15, 0.2) is 6.04 Å². The summed E-state index contributed by atoms with van der Waals surface area (Å²) in [5.41, 5.74) is -0.134. The van der Waals surface area contributed by atoms with Crippen molar-refractivity contribution in [1.29, 1.82) is 0 Å². The molecule has 0 saturated heterocycles. The maximum Gasteiger partial charge on any atom is 0.389 e. The van der Waals surface area contributed by atoms with Gasteiger partial charge in [0.2, 0.25) is 5.91 Å². The molecule has 0 saturated carbocycles. The Bertz CT molecular complexity index is 548. The topological polar surface area (TPSA) is 66.4 Å². The van der Waals surface area contributed by atoms with E-state index in [-0.39, 0.29) is 10.6 Å². The van der Waals surface area contributed by atoms with E-state index in [0.717, 1.165) is 18.2 Å². The Morgan fingerprint density at radius 2 is 1.95 bits per heavy atom. The highest BCUT2D eigenvalue weighted by molar-refractivity contribution is 6.30. The summed E-state index contributed by atoms with van der Waals surface area (Å²) in [6.07, 6.45) is -6.81. The number of amides is 1. The summed E-state index contributed by atoms with van der Waals surface area (Å²) in [4.78, 5) is 22.4. The van der Waals surface area contributed by atoms with Crippen LogP contribution in [0.3, 0.4) is 0 Å². The Balaban J connectivity index is 2.81. The second-order valence-electron chi connectivity index (χ2n) is 4.13. The number of alkyl halides is 3. The molecule has 1 aromatic carbocycles. The molecule has 1 aromatic rings. The van der Waals surface area contributed by atoms with Crippen LogP contribution in [0, 0.1) is 5.82 Å². The molecule has 21 heavy (non-hydrogen) atoms. The van der Waals surface area contributed by atoms with Gasteiger partial charge in [-0.05, 0) is 17.7 Å². The molecular weight excluding hydrogens is 318 g/mol. The molecule has 0 radical (unpaired) electrons. The highest BCUT2D eigenvalue weighted by Gasteiger charge is 2.29. The predicted octanol–water partition coefficient (Wildman–Crippen LogP) is 3.06. The third kappa shape index (κ3) is 5.58. The molecule has 0 aliphatic heterocycles. The van der Waals surface area contributed by atoms with Crippen LogP contribution in [0.15, 0.2) is 18.2 Å². The molecule has 0 aromatic heterocycles. The summed E-state index contributed by atoms with van der Waals surface area (Å²) in [6, 6.07) is 1.39. The average Bonchev–Trinajstić information content (AvgIpc) is 2.36. The fraction of sp³-hybridized carbons (Fsp3) is 0.333. The van der Waals surface area contributed by atoms with Crippen molar-refractivity contribution in [2.24, 2.45) is 0 Å². The number of halogens is 5. The largest absolute Gasteiger partial charge is 0.479 e. The van der Waals surface area contributed by atoms with Crippen molar-refractivity contribution in [3.8, 4) is 0 Å². The van der Waals surface area contributed by atoms with Crippen molar-refractivity contribution in [3.63, 3.8) is 0 Å². The first-order chi connectivity index (χ1) is 9.60. The SMILES string of the molecule is O=C(CCC(F)(F)F)NC(C(=O)O)c1ccc(Cl)c(F)c1. The number of benzene rings is 1. The number of carboxylic acids is 1. The van der Waals surface area contributed by atoms with Crippen LogP contribution in [0.4, 0.5) is 17.6 Å². The fourth-order valence-corrected chi connectivity index (χ4v) is 1.59. The fourth-order valence-electron chi connectivity index (χ4n) is 1.47. The third-order valence-corrected chi connectivity index (χ3v) is 2.77. The Morgan fingerprint density at radius 3 is 2.43 bits per heavy atom. The summed E-state index contributed by atoms with van der Waals surface area (Å²) in [5, 5.41) is 10.6. The lowest BCUT2D eigenvalue weighted by atomic mass is 10.1. The molecule has 1 unspecified atom stereocenters. The van der Waals surface area contributed by atoms with E-state index in [9.17, 15) is 27.2 Å². The number of carbonyl (C=O) groups excluding carboxylic acids is 1. The van der Waals surface area contributed by atoms with E-state index in [1.54, 1.807) is 0 Å². The van der Waals surface area contributed by atoms with Crippen molar-refractivity contribution in [3.05, 3.63) is 34.6 Å². The van der Waals surface area contributed by atoms with Gasteiger partial charge in [-0.25, -0.2) is 9.18 Å². The second kappa shape index (κ2) is 6.75. The molecule has 9 heteroatoms. The lowest BCUT2D eigenvalue weighted by Crippen LogP contribution is -2.34. The van der Waals surface area contributed by atoms with Crippen LogP contribution in [0.2, 0.25) is 5.02 Å². The van der Waals surface area contributed by atoms with E-state index in [2.05, 4.69) is 0 Å². The number of nitrogens with one attached hydrogen (secondary N) is 1. The molecule has 116 valence electrons. The molecule has 2 N–H and O–H groups in total. The lowest BCUT2D eigenvalue weighted by molar-refractivity contribution is -0.147. The minimum Gasteiger partial charge on any atom is -0.479 e. The zero-order valence-corrected chi connectivity index (χ0v) is 11.1. The highest BCUT2D eigenvalue weighted by atomic mass is 35.5. The number of hydrogen-bond donors (Lipinski definition) is 2. The molecule has 1 atom stereocenters. The molecule has 4 nitrogen and oxygen atoms in total. The van der Waals surface area contributed by atoms with E-state index in [4.69, 9.17) is 16.7 Å². The van der Waals surface area contributed by atoms with Gasteiger partial charge in [0.1, 0.15) is 5.82 Å². The van der Waals surface area contributed by atoms with Crippen LogP contribution < -0.4 is 5.32 Å². The zero-order valence-electron chi connectivity index (χ0n) is 10.4. The number of rotatable bonds is 5. The first-order valence-electron chi connectivity index (χ1n) is 5.64. The lowest BCUT2D eigenvalue weighted by Gasteiger charge is -2.15. The quantitative estimate of drug-likeness (QED) is 0.817. The molecule has 0 aliphatic carbocycles. The van der Waals surface area contributed by atoms with Crippen molar-refractivity contribution in [1.82, 2.24) is 5.32 Å². The number of aliphatic carboxylic acids is 1. The monoisotopic (exact) mass is 327 g/mol. The highest BCUT2D eigenvalue weighted by Crippen LogP contribution is 2.23. The van der Waals surface area contributed by atoms with Crippen molar-refractivity contribution >= 4 is 23.5 Å². The van der Waals surface area contributed by atoms with E-state index in [0.29, 0.717) is 0 Å². The smallest absolute Gasteiger partial charge is 0.389 e. The van der Waals surface area contributed by atoms with Crippen LogP contribution in [-0.4, -0.2) is 23.2 Å². The van der Waals surface area contributed by atoms with Gasteiger partial charge < -0.3 is 10.4 Å². The normalized spacial score (nSPS) is 12.8. The summed E-state index contributed by atoms with van der Waals surface area (Å²) in [7, 11) is 0. The molecule has 0 bridgehead atoms. The van der Waals surface area contributed by atoms with Crippen LogP contribution in [0.1, 0.15) is 24.4 Å². The van der Waals surface area contributed by atoms with Gasteiger partial charge in [0.25, 0.3) is 0 Å². The second-order valence-corrected chi connectivity index (χ2v) is 4.53. The van der Waals surface area contributed by atoms with E-state index in [1.807, 2.05) is 5.32 Å². The summed E-state index contributed by atoms with van der Waals surface area (Å²) in [6.45, 7) is 0. The van der Waals surface area contributed by atoms with Gasteiger partial charge in [0, 0.05) is 6.42 Å². The Labute approximate surface area is 121 Å². The van der Waals surface area contributed by atoms with Gasteiger partial charge >= 0.3 is 12.1 Å².